The van der Waals surface area contributed by atoms with Crippen LogP contribution in [0.1, 0.15) is 54.9 Å². The van der Waals surface area contributed by atoms with Crippen LogP contribution in [0.4, 0.5) is 0 Å². The highest BCUT2D eigenvalue weighted by Crippen LogP contribution is 2.56. The van der Waals surface area contributed by atoms with Crippen molar-refractivity contribution in [2.45, 2.75) is 50.2 Å². The van der Waals surface area contributed by atoms with Crippen molar-refractivity contribution < 1.29 is 63.0 Å². The van der Waals surface area contributed by atoms with Gasteiger partial charge in [0, 0.05) is 5.57 Å². The predicted octanol–water partition coefficient (Wildman–Crippen LogP) is 6.51. The molecule has 0 heterocycles. The molecule has 0 saturated heterocycles. The van der Waals surface area contributed by atoms with Crippen LogP contribution >= 0.6 is 0 Å². The van der Waals surface area contributed by atoms with E-state index in [0.29, 0.717) is 11.5 Å². The lowest BCUT2D eigenvalue weighted by atomic mass is 9.68. The number of carboxylic acids is 1. The fourth-order valence-corrected chi connectivity index (χ4v) is 8.61. The Morgan fingerprint density at radius 2 is 0.969 bits per heavy atom. The Morgan fingerprint density at radius 3 is 1.39 bits per heavy atom. The first-order valence-corrected chi connectivity index (χ1v) is 21.2. The molecule has 3 aliphatic rings. The molecule has 0 saturated carbocycles. The van der Waals surface area contributed by atoms with Gasteiger partial charge < -0.3 is 39.0 Å². The van der Waals surface area contributed by atoms with Crippen LogP contribution in [0.2, 0.25) is 0 Å². The van der Waals surface area contributed by atoms with Crippen molar-refractivity contribution >= 4 is 29.8 Å². The lowest BCUT2D eigenvalue weighted by molar-refractivity contribution is -0.167. The predicted molar refractivity (Wildman–Crippen MR) is 233 cm³/mol. The van der Waals surface area contributed by atoms with Gasteiger partial charge in [0.15, 0.2) is 0 Å². The molecule has 0 fully saturated rings. The number of allylic oxidation sites excluding steroid dienone is 4. The first-order chi connectivity index (χ1) is 30.9. The Bertz CT molecular complexity index is 2390. The van der Waals surface area contributed by atoms with Crippen molar-refractivity contribution in [3.63, 3.8) is 0 Å². The van der Waals surface area contributed by atoms with Crippen LogP contribution in [-0.2, 0) is 43.6 Å². The van der Waals surface area contributed by atoms with Crippen LogP contribution in [0.15, 0.2) is 134 Å². The van der Waals surface area contributed by atoms with E-state index in [9.17, 15) is 39.3 Å². The number of carboxylic acid groups (broad SMARTS) is 1. The van der Waals surface area contributed by atoms with Gasteiger partial charge in [-0.1, -0.05) is 104 Å². The largest absolute Gasteiger partial charge is 0.491 e. The van der Waals surface area contributed by atoms with Crippen LogP contribution in [0, 0.1) is 23.7 Å². The molecule has 3 N–H and O–H groups in total. The number of benzene rings is 4. The Kier molecular flexibility index (Phi) is 14.2. The number of hydrogen-bond donors (Lipinski definition) is 3. The van der Waals surface area contributed by atoms with E-state index in [-0.39, 0.29) is 57.7 Å². The Morgan fingerprint density at radius 1 is 0.578 bits per heavy atom. The van der Waals surface area contributed by atoms with E-state index >= 15 is 0 Å². The van der Waals surface area contributed by atoms with E-state index in [2.05, 4.69) is 30.8 Å². The maximum atomic E-state index is 13.0. The Hall–Kier alpha value is -6.83. The van der Waals surface area contributed by atoms with Gasteiger partial charge in [0.1, 0.15) is 50.1 Å². The van der Waals surface area contributed by atoms with Crippen molar-refractivity contribution in [2.75, 3.05) is 26.4 Å². The molecule has 0 spiro atoms. The van der Waals surface area contributed by atoms with Crippen molar-refractivity contribution in [1.82, 2.24) is 0 Å². The highest BCUT2D eigenvalue weighted by Gasteiger charge is 2.46. The third kappa shape index (κ3) is 9.70. The summed E-state index contributed by atoms with van der Waals surface area (Å²) in [5.41, 5.74) is 5.49. The van der Waals surface area contributed by atoms with Crippen LogP contribution in [0.25, 0.3) is 11.1 Å². The van der Waals surface area contributed by atoms with Gasteiger partial charge in [-0.15, -0.1) is 0 Å². The second-order valence-electron chi connectivity index (χ2n) is 16.2. The molecule has 64 heavy (non-hydrogen) atoms. The maximum Gasteiger partial charge on any atom is 0.340 e. The third-order valence-corrected chi connectivity index (χ3v) is 11.9. The molecule has 0 radical (unpaired) electrons. The number of rotatable bonds is 17. The number of hydrogen-bond acceptors (Lipinski definition) is 12. The maximum absolute atomic E-state index is 13.0. The number of aliphatic carboxylic acids is 1. The first kappa shape index (κ1) is 45.2. The van der Waals surface area contributed by atoms with Gasteiger partial charge in [-0.2, -0.15) is 0 Å². The quantitative estimate of drug-likeness (QED) is 0.0302. The smallest absolute Gasteiger partial charge is 0.340 e. The molecule has 4 aromatic carbocycles. The number of esters is 4. The summed E-state index contributed by atoms with van der Waals surface area (Å²) < 4.78 is 27.4. The van der Waals surface area contributed by atoms with Gasteiger partial charge in [0.2, 0.25) is 0 Å². The highest BCUT2D eigenvalue weighted by atomic mass is 16.6. The molecule has 3 aliphatic carbocycles. The van der Waals surface area contributed by atoms with E-state index in [1.165, 1.54) is 6.92 Å². The molecular formula is C51H50O13. The molecule has 332 valence electrons. The summed E-state index contributed by atoms with van der Waals surface area (Å²) in [6.07, 6.45) is 5.61. The van der Waals surface area contributed by atoms with Gasteiger partial charge in [-0.25, -0.2) is 4.79 Å². The van der Waals surface area contributed by atoms with Crippen molar-refractivity contribution in [1.29, 1.82) is 0 Å². The Labute approximate surface area is 370 Å². The summed E-state index contributed by atoms with van der Waals surface area (Å²) in [4.78, 5) is 61.9. The molecule has 13 nitrogen and oxygen atoms in total. The third-order valence-electron chi connectivity index (χ3n) is 11.9. The summed E-state index contributed by atoms with van der Waals surface area (Å²) in [6, 6.07) is 31.6. The monoisotopic (exact) mass is 870 g/mol. The van der Waals surface area contributed by atoms with E-state index in [1.807, 2.05) is 72.8 Å². The topological polar surface area (TPSA) is 192 Å². The second-order valence-corrected chi connectivity index (χ2v) is 16.2. The lowest BCUT2D eigenvalue weighted by Gasteiger charge is -2.34. The minimum Gasteiger partial charge on any atom is -0.491 e. The molecule has 0 amide bonds. The number of aliphatic hydroxyl groups excluding tert-OH is 2. The average Bonchev–Trinajstić information content (AvgIpc) is 3.62. The standard InChI is InChI=1S/C51H50O13/c1-31(2)47(56)64-50(59)43-16-6-5-15-42(43)49(58)63-30-35(53)28-61-37-25-21-33(22-26-37)51(44-17-9-7-11-38(44)39-12-8-10-18-45(39)51)32-19-23-36(24-20-32)60-27-34(52)29-62-48(57)41-14-4-3-13-40(41)46(54)55/h3-12,17-26,34-35,40-43,52-53H,1,13-16,27-30H2,2H3,(H,54,55). The molecule has 0 aromatic heterocycles. The average molecular weight is 871 g/mol. The second kappa shape index (κ2) is 20.1. The number of aliphatic hydroxyl groups is 2. The van der Waals surface area contributed by atoms with Crippen LogP contribution in [0.3, 0.4) is 0 Å². The van der Waals surface area contributed by atoms with Crippen LogP contribution < -0.4 is 9.47 Å². The summed E-state index contributed by atoms with van der Waals surface area (Å²) >= 11 is 0. The Balaban J connectivity index is 1.01. The summed E-state index contributed by atoms with van der Waals surface area (Å²) in [5, 5.41) is 30.9. The summed E-state index contributed by atoms with van der Waals surface area (Å²) in [7, 11) is 0. The zero-order valence-electron chi connectivity index (χ0n) is 35.3. The number of carbonyl (C=O) groups is 5. The summed E-state index contributed by atoms with van der Waals surface area (Å²) in [6.45, 7) is 3.84. The fraction of sp³-hybridized carbons (Fsp3) is 0.314. The minimum atomic E-state index is -1.18. The minimum absolute atomic E-state index is 0.0615. The first-order valence-electron chi connectivity index (χ1n) is 21.2. The van der Waals surface area contributed by atoms with E-state index in [1.54, 1.807) is 24.3 Å². The molecule has 0 aliphatic heterocycles. The van der Waals surface area contributed by atoms with Gasteiger partial charge in [0.05, 0.1) is 29.1 Å². The normalized spacial score (nSPS) is 20.1. The van der Waals surface area contributed by atoms with Gasteiger partial charge in [0.25, 0.3) is 0 Å². The molecule has 6 unspecified atom stereocenters. The van der Waals surface area contributed by atoms with Gasteiger partial charge in [-0.3, -0.25) is 19.2 Å². The molecule has 6 atom stereocenters. The molecule has 4 aromatic rings. The molecule has 0 bridgehead atoms. The SMILES string of the molecule is C=C(C)C(=O)OC(=O)C1CC=CCC1C(=O)OCC(O)COc1ccc(C2(c3ccc(OCC(O)COC(=O)C4CC=CCC4C(=O)O)cc3)c3ccccc3-c3ccccc32)cc1. The van der Waals surface area contributed by atoms with Gasteiger partial charge in [-0.05, 0) is 90.3 Å². The fourth-order valence-electron chi connectivity index (χ4n) is 8.61. The van der Waals surface area contributed by atoms with Crippen molar-refractivity contribution in [3.8, 4) is 22.6 Å². The van der Waals surface area contributed by atoms with E-state index in [4.69, 9.17) is 23.7 Å². The molecular weight excluding hydrogens is 821 g/mol. The lowest BCUT2D eigenvalue weighted by Crippen LogP contribution is -2.36. The zero-order valence-corrected chi connectivity index (χ0v) is 35.3. The van der Waals surface area contributed by atoms with Gasteiger partial charge >= 0.3 is 29.8 Å². The van der Waals surface area contributed by atoms with E-state index < -0.39 is 71.1 Å². The number of fused-ring (bicyclic) bond motifs is 3. The number of carbonyl (C=O) groups excluding carboxylic acids is 4. The molecule has 7 rings (SSSR count). The van der Waals surface area contributed by atoms with Crippen molar-refractivity contribution in [2.24, 2.45) is 23.7 Å². The summed E-state index contributed by atoms with van der Waals surface area (Å²) in [5.74, 6) is -6.63. The number of ether oxygens (including phenoxy) is 5. The van der Waals surface area contributed by atoms with Crippen LogP contribution in [-0.4, -0.2) is 83.8 Å². The van der Waals surface area contributed by atoms with Crippen LogP contribution in [0.5, 0.6) is 11.5 Å². The highest BCUT2D eigenvalue weighted by molar-refractivity contribution is 5.97. The molecule has 13 heteroatoms. The zero-order chi connectivity index (χ0) is 45.4. The van der Waals surface area contributed by atoms with Crippen molar-refractivity contribution in [3.05, 3.63) is 156 Å². The van der Waals surface area contributed by atoms with E-state index in [0.717, 1.165) is 33.4 Å².